The van der Waals surface area contributed by atoms with E-state index >= 15 is 0 Å². The second-order valence-corrected chi connectivity index (χ2v) is 4.11. The van der Waals surface area contributed by atoms with Crippen LogP contribution >= 0.6 is 0 Å². The third kappa shape index (κ3) is 2.57. The van der Waals surface area contributed by atoms with Gasteiger partial charge in [-0.25, -0.2) is 0 Å². The highest BCUT2D eigenvalue weighted by Crippen LogP contribution is 2.18. The molecule has 0 spiro atoms. The van der Waals surface area contributed by atoms with Gasteiger partial charge < -0.3 is 4.52 Å². The van der Waals surface area contributed by atoms with E-state index in [0.29, 0.717) is 0 Å². The predicted molar refractivity (Wildman–Crippen MR) is 54.9 cm³/mol. The van der Waals surface area contributed by atoms with Crippen LogP contribution in [0.5, 0.6) is 0 Å². The van der Waals surface area contributed by atoms with E-state index in [2.05, 4.69) is 16.1 Å². The van der Waals surface area contributed by atoms with Gasteiger partial charge in [0.15, 0.2) is 5.76 Å². The molecule has 0 N–H and O–H groups in total. The number of aromatic nitrogens is 1. The third-order valence-corrected chi connectivity index (χ3v) is 2.83. The quantitative estimate of drug-likeness (QED) is 0.737. The Morgan fingerprint density at radius 3 is 2.87 bits per heavy atom. The van der Waals surface area contributed by atoms with Gasteiger partial charge >= 0.3 is 0 Å². The lowest BCUT2D eigenvalue weighted by Gasteiger charge is -2.27. The minimum absolute atomic E-state index is 0.248. The van der Waals surface area contributed by atoms with Gasteiger partial charge in [-0.3, -0.25) is 4.90 Å². The number of rotatable bonds is 2. The first-order valence-electron chi connectivity index (χ1n) is 5.32. The monoisotopic (exact) mass is 205 g/mol. The summed E-state index contributed by atoms with van der Waals surface area (Å²) in [7, 11) is 0. The zero-order valence-corrected chi connectivity index (χ0v) is 8.94. The minimum atomic E-state index is 0.248. The largest absolute Gasteiger partial charge is 0.360 e. The van der Waals surface area contributed by atoms with Crippen molar-refractivity contribution in [3.8, 4) is 6.07 Å². The van der Waals surface area contributed by atoms with Gasteiger partial charge in [-0.15, -0.1) is 0 Å². The van der Waals surface area contributed by atoms with Gasteiger partial charge in [0.25, 0.3) is 0 Å². The van der Waals surface area contributed by atoms with E-state index in [-0.39, 0.29) is 5.92 Å². The summed E-state index contributed by atoms with van der Waals surface area (Å²) in [6.07, 6.45) is 1.95. The molecule has 0 aromatic carbocycles. The van der Waals surface area contributed by atoms with Crippen LogP contribution < -0.4 is 0 Å². The lowest BCUT2D eigenvalue weighted by Crippen LogP contribution is -2.32. The van der Waals surface area contributed by atoms with E-state index in [1.54, 1.807) is 0 Å². The first-order chi connectivity index (χ1) is 7.28. The standard InChI is InChI=1S/C11H15N3O/c1-9-6-11(15-13-9)8-14-4-2-10(7-12)3-5-14/h6,10H,2-5,8H2,1H3. The normalized spacial score (nSPS) is 18.9. The van der Waals surface area contributed by atoms with Crippen molar-refractivity contribution >= 4 is 0 Å². The number of likely N-dealkylation sites (tertiary alicyclic amines) is 1. The molecule has 1 aliphatic heterocycles. The van der Waals surface area contributed by atoms with Gasteiger partial charge in [-0.1, -0.05) is 5.16 Å². The molecule has 1 aromatic heterocycles. The molecule has 0 aliphatic carbocycles. The average Bonchev–Trinajstić information content (AvgIpc) is 2.65. The summed E-state index contributed by atoms with van der Waals surface area (Å²) in [4.78, 5) is 2.31. The molecular formula is C11H15N3O. The molecule has 4 heteroatoms. The van der Waals surface area contributed by atoms with Gasteiger partial charge in [-0.2, -0.15) is 5.26 Å². The van der Waals surface area contributed by atoms with Crippen molar-refractivity contribution in [1.82, 2.24) is 10.1 Å². The summed E-state index contributed by atoms with van der Waals surface area (Å²) in [6, 6.07) is 4.30. The van der Waals surface area contributed by atoms with Crippen molar-refractivity contribution in [3.05, 3.63) is 17.5 Å². The lowest BCUT2D eigenvalue weighted by atomic mass is 9.99. The number of nitrogens with zero attached hydrogens (tertiary/aromatic N) is 3. The van der Waals surface area contributed by atoms with E-state index in [0.717, 1.165) is 43.9 Å². The molecular weight excluding hydrogens is 190 g/mol. The van der Waals surface area contributed by atoms with Crippen LogP contribution in [0.2, 0.25) is 0 Å². The molecule has 0 radical (unpaired) electrons. The van der Waals surface area contributed by atoms with Gasteiger partial charge in [0.1, 0.15) is 0 Å². The Labute approximate surface area is 89.5 Å². The molecule has 15 heavy (non-hydrogen) atoms. The van der Waals surface area contributed by atoms with Crippen molar-refractivity contribution in [2.24, 2.45) is 5.92 Å². The maximum atomic E-state index is 8.77. The Kier molecular flexibility index (Phi) is 3.02. The van der Waals surface area contributed by atoms with Crippen LogP contribution in [-0.4, -0.2) is 23.1 Å². The smallest absolute Gasteiger partial charge is 0.150 e. The lowest BCUT2D eigenvalue weighted by molar-refractivity contribution is 0.179. The highest BCUT2D eigenvalue weighted by Gasteiger charge is 2.19. The zero-order chi connectivity index (χ0) is 10.7. The summed E-state index contributed by atoms with van der Waals surface area (Å²) < 4.78 is 5.16. The number of hydrogen-bond donors (Lipinski definition) is 0. The van der Waals surface area contributed by atoms with Crippen molar-refractivity contribution in [2.45, 2.75) is 26.3 Å². The zero-order valence-electron chi connectivity index (χ0n) is 8.94. The van der Waals surface area contributed by atoms with E-state index in [9.17, 15) is 0 Å². The molecule has 1 aromatic rings. The van der Waals surface area contributed by atoms with Crippen molar-refractivity contribution in [3.63, 3.8) is 0 Å². The van der Waals surface area contributed by atoms with Crippen molar-refractivity contribution in [2.75, 3.05) is 13.1 Å². The first kappa shape index (κ1) is 10.2. The van der Waals surface area contributed by atoms with Crippen LogP contribution in [0.4, 0.5) is 0 Å². The van der Waals surface area contributed by atoms with Crippen LogP contribution in [-0.2, 0) is 6.54 Å². The fourth-order valence-electron chi connectivity index (χ4n) is 1.93. The third-order valence-electron chi connectivity index (χ3n) is 2.83. The maximum absolute atomic E-state index is 8.77. The molecule has 0 atom stereocenters. The summed E-state index contributed by atoms with van der Waals surface area (Å²) in [5.74, 6) is 1.17. The Morgan fingerprint density at radius 1 is 1.60 bits per heavy atom. The Balaban J connectivity index is 1.85. The van der Waals surface area contributed by atoms with Crippen LogP contribution in [0.1, 0.15) is 24.3 Å². The average molecular weight is 205 g/mol. The highest BCUT2D eigenvalue weighted by molar-refractivity contribution is 5.03. The number of aryl methyl sites for hydroxylation is 1. The molecule has 4 nitrogen and oxygen atoms in total. The SMILES string of the molecule is Cc1cc(CN2CCC(C#N)CC2)on1. The first-order valence-corrected chi connectivity index (χ1v) is 5.32. The summed E-state index contributed by atoms with van der Waals surface area (Å²) >= 11 is 0. The summed E-state index contributed by atoms with van der Waals surface area (Å²) in [5.41, 5.74) is 0.928. The topological polar surface area (TPSA) is 53.1 Å². The fourth-order valence-corrected chi connectivity index (χ4v) is 1.93. The Hall–Kier alpha value is -1.34. The highest BCUT2D eigenvalue weighted by atomic mass is 16.5. The van der Waals surface area contributed by atoms with Gasteiger partial charge in [0.05, 0.1) is 18.3 Å². The molecule has 80 valence electrons. The summed E-state index contributed by atoms with van der Waals surface area (Å²) in [6.45, 7) is 4.71. The van der Waals surface area contributed by atoms with Crippen LogP contribution in [0.15, 0.2) is 10.6 Å². The van der Waals surface area contributed by atoms with Gasteiger partial charge in [0, 0.05) is 12.0 Å². The number of piperidine rings is 1. The van der Waals surface area contributed by atoms with Gasteiger partial charge in [-0.05, 0) is 32.9 Å². The van der Waals surface area contributed by atoms with Gasteiger partial charge in [0.2, 0.25) is 0 Å². The van der Waals surface area contributed by atoms with Crippen LogP contribution in [0.25, 0.3) is 0 Å². The molecule has 1 fully saturated rings. The van der Waals surface area contributed by atoms with Crippen LogP contribution in [0, 0.1) is 24.2 Å². The maximum Gasteiger partial charge on any atom is 0.150 e. The predicted octanol–water partition coefficient (Wildman–Crippen LogP) is 1.72. The van der Waals surface area contributed by atoms with E-state index in [1.165, 1.54) is 0 Å². The van der Waals surface area contributed by atoms with E-state index in [4.69, 9.17) is 9.78 Å². The fraction of sp³-hybridized carbons (Fsp3) is 0.636. The van der Waals surface area contributed by atoms with Crippen molar-refractivity contribution in [1.29, 1.82) is 5.26 Å². The molecule has 2 heterocycles. The Morgan fingerprint density at radius 2 is 2.33 bits per heavy atom. The van der Waals surface area contributed by atoms with E-state index in [1.807, 2.05) is 13.0 Å². The molecule has 2 rings (SSSR count). The second-order valence-electron chi connectivity index (χ2n) is 4.11. The number of nitriles is 1. The minimum Gasteiger partial charge on any atom is -0.360 e. The van der Waals surface area contributed by atoms with E-state index < -0.39 is 0 Å². The van der Waals surface area contributed by atoms with Crippen molar-refractivity contribution < 1.29 is 4.52 Å². The molecule has 0 unspecified atom stereocenters. The molecule has 0 bridgehead atoms. The second kappa shape index (κ2) is 4.45. The molecule has 1 saturated heterocycles. The summed E-state index contributed by atoms with van der Waals surface area (Å²) in [5, 5.41) is 12.6. The molecule has 0 amide bonds. The number of hydrogen-bond acceptors (Lipinski definition) is 4. The molecule has 1 aliphatic rings. The Bertz CT molecular complexity index is 358. The molecule has 0 saturated carbocycles. The van der Waals surface area contributed by atoms with Crippen LogP contribution in [0.3, 0.4) is 0 Å².